The van der Waals surface area contributed by atoms with Crippen molar-refractivity contribution in [2.45, 2.75) is 23.9 Å². The van der Waals surface area contributed by atoms with Gasteiger partial charge in [0.1, 0.15) is 6.33 Å². The molecule has 0 saturated carbocycles. The number of benzene rings is 1. The number of H-pyrrole nitrogens is 1. The quantitative estimate of drug-likeness (QED) is 0.514. The Morgan fingerprint density at radius 3 is 2.76 bits per heavy atom. The lowest BCUT2D eigenvalue weighted by molar-refractivity contribution is -0.134. The molecule has 0 fully saturated rings. The molecular formula is C18H15F3N6OS. The molecule has 150 valence electrons. The summed E-state index contributed by atoms with van der Waals surface area (Å²) >= 11 is 0. The van der Waals surface area contributed by atoms with Crippen molar-refractivity contribution in [1.82, 2.24) is 29.9 Å². The average molecular weight is 420 g/mol. The third-order valence-electron chi connectivity index (χ3n) is 4.22. The minimum Gasteiger partial charge on any atom is -0.259 e. The minimum absolute atomic E-state index is 0.0694. The van der Waals surface area contributed by atoms with Gasteiger partial charge in [-0.25, -0.2) is 14.6 Å². The van der Waals surface area contributed by atoms with E-state index in [1.807, 2.05) is 24.3 Å². The molecule has 3 heterocycles. The van der Waals surface area contributed by atoms with Crippen molar-refractivity contribution in [3.05, 3.63) is 49.1 Å². The summed E-state index contributed by atoms with van der Waals surface area (Å²) in [5.41, 5.74) is 2.13. The molecular weight excluding hydrogens is 405 g/mol. The van der Waals surface area contributed by atoms with Crippen molar-refractivity contribution in [2.75, 3.05) is 5.75 Å². The van der Waals surface area contributed by atoms with Crippen LogP contribution in [-0.2, 0) is 10.8 Å². The Labute approximate surface area is 165 Å². The Balaban J connectivity index is 1.58. The molecule has 4 aromatic rings. The highest BCUT2D eigenvalue weighted by atomic mass is 32.2. The van der Waals surface area contributed by atoms with Crippen LogP contribution in [0.15, 0.2) is 53.9 Å². The standard InChI is InChI=1S/C18H15F3N6OS/c19-18(20,21)5-2-6-29(28)15-8-13-9-25-27(17(13)22-10-15)14-4-1-3-12(7-14)16-23-11-24-26-16/h1,3-4,7-11H,2,5-6H2,(H,23,24,26)/t29-/m0/s1. The Bertz CT molecular complexity index is 1160. The SMILES string of the molecule is O=[S@@](CCCC(F)(F)F)c1cnc2c(cnn2-c2cccc(-c3ncn[nH]3)c2)c1. The maximum Gasteiger partial charge on any atom is 0.389 e. The number of nitrogens with one attached hydrogen (secondary N) is 1. The summed E-state index contributed by atoms with van der Waals surface area (Å²) in [4.78, 5) is 8.85. The van der Waals surface area contributed by atoms with Crippen LogP contribution in [0.2, 0.25) is 0 Å². The number of rotatable bonds is 6. The third kappa shape index (κ3) is 4.34. The minimum atomic E-state index is -4.24. The largest absolute Gasteiger partial charge is 0.389 e. The second kappa shape index (κ2) is 7.74. The molecule has 0 spiro atoms. The van der Waals surface area contributed by atoms with Gasteiger partial charge in [-0.2, -0.15) is 23.4 Å². The van der Waals surface area contributed by atoms with Crippen LogP contribution in [0.4, 0.5) is 13.2 Å². The summed E-state index contributed by atoms with van der Waals surface area (Å²) < 4.78 is 50.7. The molecule has 0 bridgehead atoms. The highest BCUT2D eigenvalue weighted by Crippen LogP contribution is 2.24. The molecule has 0 amide bonds. The molecule has 7 nitrogen and oxygen atoms in total. The van der Waals surface area contributed by atoms with E-state index in [4.69, 9.17) is 0 Å². The van der Waals surface area contributed by atoms with E-state index < -0.39 is 23.4 Å². The molecule has 29 heavy (non-hydrogen) atoms. The predicted molar refractivity (Wildman–Crippen MR) is 101 cm³/mol. The zero-order valence-electron chi connectivity index (χ0n) is 14.9. The lowest BCUT2D eigenvalue weighted by Gasteiger charge is -2.07. The van der Waals surface area contributed by atoms with Gasteiger partial charge in [0.2, 0.25) is 0 Å². The van der Waals surface area contributed by atoms with Gasteiger partial charge in [-0.05, 0) is 24.6 Å². The first-order valence-electron chi connectivity index (χ1n) is 8.66. The fourth-order valence-electron chi connectivity index (χ4n) is 2.87. The number of hydrogen-bond acceptors (Lipinski definition) is 5. The molecule has 11 heteroatoms. The van der Waals surface area contributed by atoms with Gasteiger partial charge in [-0.15, -0.1) is 0 Å². The van der Waals surface area contributed by atoms with Crippen LogP contribution in [0.1, 0.15) is 12.8 Å². The van der Waals surface area contributed by atoms with E-state index in [9.17, 15) is 17.4 Å². The van der Waals surface area contributed by atoms with Crippen LogP contribution in [0.25, 0.3) is 28.1 Å². The fourth-order valence-corrected chi connectivity index (χ4v) is 3.94. The van der Waals surface area contributed by atoms with E-state index in [1.165, 1.54) is 12.5 Å². The third-order valence-corrected chi connectivity index (χ3v) is 5.62. The lowest BCUT2D eigenvalue weighted by atomic mass is 10.2. The van der Waals surface area contributed by atoms with Crippen molar-refractivity contribution in [3.8, 4) is 17.1 Å². The van der Waals surface area contributed by atoms with Crippen molar-refractivity contribution in [1.29, 1.82) is 0 Å². The monoisotopic (exact) mass is 420 g/mol. The normalized spacial score (nSPS) is 13.1. The summed E-state index contributed by atoms with van der Waals surface area (Å²) in [6.07, 6.45) is -0.961. The van der Waals surface area contributed by atoms with E-state index in [-0.39, 0.29) is 12.2 Å². The van der Waals surface area contributed by atoms with Crippen LogP contribution in [0.3, 0.4) is 0 Å². The number of alkyl halides is 3. The topological polar surface area (TPSA) is 89.3 Å². The molecule has 1 aromatic carbocycles. The van der Waals surface area contributed by atoms with Crippen molar-refractivity contribution in [3.63, 3.8) is 0 Å². The summed E-state index contributed by atoms with van der Waals surface area (Å²) in [5.74, 6) is 0.549. The van der Waals surface area contributed by atoms with E-state index in [0.29, 0.717) is 21.8 Å². The molecule has 0 saturated heterocycles. The zero-order valence-corrected chi connectivity index (χ0v) is 15.7. The molecule has 0 unspecified atom stereocenters. The second-order valence-electron chi connectivity index (χ2n) is 6.29. The van der Waals surface area contributed by atoms with Gasteiger partial charge in [-0.3, -0.25) is 9.31 Å². The molecule has 0 aliphatic heterocycles. The Morgan fingerprint density at radius 2 is 2.00 bits per heavy atom. The molecule has 1 N–H and O–H groups in total. The first-order valence-corrected chi connectivity index (χ1v) is 9.98. The molecule has 0 aliphatic carbocycles. The lowest BCUT2D eigenvalue weighted by Crippen LogP contribution is -2.09. The summed E-state index contributed by atoms with van der Waals surface area (Å²) in [6, 6.07) is 9.11. The molecule has 4 rings (SSSR count). The van der Waals surface area contributed by atoms with E-state index in [0.717, 1.165) is 11.3 Å². The van der Waals surface area contributed by atoms with Gasteiger partial charge < -0.3 is 0 Å². The Hall–Kier alpha value is -3.08. The molecule has 1 atom stereocenters. The number of pyridine rings is 1. The summed E-state index contributed by atoms with van der Waals surface area (Å²) in [7, 11) is -1.55. The van der Waals surface area contributed by atoms with Crippen LogP contribution < -0.4 is 0 Å². The van der Waals surface area contributed by atoms with E-state index in [1.54, 1.807) is 16.9 Å². The van der Waals surface area contributed by atoms with E-state index in [2.05, 4.69) is 25.3 Å². The van der Waals surface area contributed by atoms with Crippen LogP contribution in [0.5, 0.6) is 0 Å². The number of hydrogen-bond donors (Lipinski definition) is 1. The van der Waals surface area contributed by atoms with Crippen molar-refractivity contribution in [2.24, 2.45) is 0 Å². The van der Waals surface area contributed by atoms with Gasteiger partial charge in [0.05, 0.1) is 27.6 Å². The Kier molecular flexibility index (Phi) is 5.14. The summed E-state index contributed by atoms with van der Waals surface area (Å²) in [6.45, 7) is 0. The van der Waals surface area contributed by atoms with Gasteiger partial charge >= 0.3 is 6.18 Å². The van der Waals surface area contributed by atoms with Gasteiger partial charge in [0.15, 0.2) is 11.5 Å². The van der Waals surface area contributed by atoms with Crippen LogP contribution in [0, 0.1) is 0 Å². The van der Waals surface area contributed by atoms with Crippen molar-refractivity contribution >= 4 is 21.8 Å². The average Bonchev–Trinajstić information content (AvgIpc) is 3.36. The zero-order chi connectivity index (χ0) is 20.4. The number of aromatic amines is 1. The highest BCUT2D eigenvalue weighted by Gasteiger charge is 2.26. The number of fused-ring (bicyclic) bond motifs is 1. The second-order valence-corrected chi connectivity index (χ2v) is 7.86. The maximum absolute atomic E-state index is 12.3. The highest BCUT2D eigenvalue weighted by molar-refractivity contribution is 7.85. The molecule has 0 aliphatic rings. The first-order chi connectivity index (χ1) is 13.9. The molecule has 0 radical (unpaired) electrons. The fraction of sp³-hybridized carbons (Fsp3) is 0.222. The van der Waals surface area contributed by atoms with Crippen LogP contribution >= 0.6 is 0 Å². The number of aromatic nitrogens is 6. The predicted octanol–water partition coefficient (Wildman–Crippen LogP) is 3.66. The number of nitrogens with zero attached hydrogens (tertiary/aromatic N) is 5. The number of halogens is 3. The van der Waals surface area contributed by atoms with Gasteiger partial charge in [0, 0.05) is 29.3 Å². The van der Waals surface area contributed by atoms with Crippen LogP contribution in [-0.4, -0.2) is 46.1 Å². The van der Waals surface area contributed by atoms with Crippen molar-refractivity contribution < 1.29 is 17.4 Å². The van der Waals surface area contributed by atoms with Gasteiger partial charge in [0.25, 0.3) is 0 Å². The van der Waals surface area contributed by atoms with Gasteiger partial charge in [-0.1, -0.05) is 12.1 Å². The maximum atomic E-state index is 12.3. The Morgan fingerprint density at radius 1 is 1.14 bits per heavy atom. The first kappa shape index (κ1) is 19.2. The summed E-state index contributed by atoms with van der Waals surface area (Å²) in [5, 5.41) is 11.6. The smallest absolute Gasteiger partial charge is 0.259 e. The molecule has 3 aromatic heterocycles. The van der Waals surface area contributed by atoms with E-state index >= 15 is 0 Å².